The van der Waals surface area contributed by atoms with Gasteiger partial charge in [0.05, 0.1) is 0 Å². The Morgan fingerprint density at radius 3 is 2.13 bits per heavy atom. The highest BCUT2D eigenvalue weighted by Crippen LogP contribution is 2.12. The van der Waals surface area contributed by atoms with Gasteiger partial charge in [-0.1, -0.05) is 0 Å². The quantitative estimate of drug-likeness (QED) is 0.769. The first-order valence-electron chi connectivity index (χ1n) is 4.43. The lowest BCUT2D eigenvalue weighted by Crippen LogP contribution is -2.43. The van der Waals surface area contributed by atoms with E-state index in [0.29, 0.717) is 13.1 Å². The molecule has 0 bridgehead atoms. The fourth-order valence-electron chi connectivity index (χ4n) is 0.762. The molecule has 0 aliphatic heterocycles. The van der Waals surface area contributed by atoms with Gasteiger partial charge in [0.25, 0.3) is 0 Å². The molecular weight excluding hydrogens is 211 g/mol. The fourth-order valence-corrected chi connectivity index (χ4v) is 0.762. The number of urea groups is 1. The average molecular weight is 227 g/mol. The normalized spacial score (nSPS) is 11.7. The lowest BCUT2D eigenvalue weighted by atomic mass is 10.5. The molecule has 0 radical (unpaired) electrons. The van der Waals surface area contributed by atoms with Crippen molar-refractivity contribution in [2.75, 3.05) is 40.8 Å². The van der Waals surface area contributed by atoms with Crippen molar-refractivity contribution in [2.24, 2.45) is 0 Å². The molecule has 1 N–H and O–H groups in total. The Kier molecular flexibility index (Phi) is 5.41. The predicted molar refractivity (Wildman–Crippen MR) is 50.6 cm³/mol. The van der Waals surface area contributed by atoms with Gasteiger partial charge in [-0.3, -0.25) is 0 Å². The van der Waals surface area contributed by atoms with E-state index < -0.39 is 18.8 Å². The first-order valence-corrected chi connectivity index (χ1v) is 4.43. The molecule has 0 aliphatic carbocycles. The summed E-state index contributed by atoms with van der Waals surface area (Å²) in [4.78, 5) is 14.2. The van der Waals surface area contributed by atoms with Crippen molar-refractivity contribution in [2.45, 2.75) is 6.18 Å². The molecule has 0 atom stereocenters. The van der Waals surface area contributed by atoms with E-state index in [1.54, 1.807) is 5.32 Å². The third-order valence-electron chi connectivity index (χ3n) is 1.67. The number of amides is 2. The molecule has 0 aromatic rings. The van der Waals surface area contributed by atoms with Crippen molar-refractivity contribution in [3.8, 4) is 0 Å². The van der Waals surface area contributed by atoms with Gasteiger partial charge in [0.2, 0.25) is 0 Å². The topological polar surface area (TPSA) is 35.6 Å². The Balaban J connectivity index is 3.80. The molecule has 15 heavy (non-hydrogen) atoms. The monoisotopic (exact) mass is 227 g/mol. The molecule has 0 aliphatic rings. The number of carbonyl (C=O) groups excluding carboxylic acids is 1. The number of alkyl halides is 3. The summed E-state index contributed by atoms with van der Waals surface area (Å²) < 4.78 is 35.3. The maximum absolute atomic E-state index is 11.8. The Bertz CT molecular complexity index is 206. The minimum atomic E-state index is -4.36. The molecule has 90 valence electrons. The molecule has 0 fully saturated rings. The Hall–Kier alpha value is -0.980. The third-order valence-corrected chi connectivity index (χ3v) is 1.67. The van der Waals surface area contributed by atoms with Crippen LogP contribution in [0.3, 0.4) is 0 Å². The van der Waals surface area contributed by atoms with Crippen LogP contribution in [0.2, 0.25) is 0 Å². The minimum Gasteiger partial charge on any atom is -0.329 e. The molecule has 0 heterocycles. The largest absolute Gasteiger partial charge is 0.405 e. The summed E-state index contributed by atoms with van der Waals surface area (Å²) in [5.41, 5.74) is 0. The molecule has 0 unspecified atom stereocenters. The first-order chi connectivity index (χ1) is 6.72. The molecule has 0 spiro atoms. The number of rotatable bonds is 4. The molecule has 7 heteroatoms. The SMILES string of the molecule is CN(C)CCN(C)C(=O)NCC(F)(F)F. The maximum atomic E-state index is 11.8. The van der Waals surface area contributed by atoms with E-state index in [4.69, 9.17) is 0 Å². The fraction of sp³-hybridized carbons (Fsp3) is 0.875. The first kappa shape index (κ1) is 14.0. The highest BCUT2D eigenvalue weighted by molar-refractivity contribution is 5.73. The van der Waals surface area contributed by atoms with E-state index in [1.165, 1.54) is 11.9 Å². The standard InChI is InChI=1S/C8H16F3N3O/c1-13(2)4-5-14(3)7(15)12-6-8(9,10)11/h4-6H2,1-3H3,(H,12,15). The van der Waals surface area contributed by atoms with Crippen molar-refractivity contribution in [1.82, 2.24) is 15.1 Å². The number of nitrogens with one attached hydrogen (secondary N) is 1. The van der Waals surface area contributed by atoms with Crippen molar-refractivity contribution >= 4 is 6.03 Å². The zero-order valence-corrected chi connectivity index (χ0v) is 9.06. The number of likely N-dealkylation sites (N-methyl/N-ethyl adjacent to an activating group) is 2. The summed E-state index contributed by atoms with van der Waals surface area (Å²) in [6.07, 6.45) is -4.36. The van der Waals surface area contributed by atoms with E-state index >= 15 is 0 Å². The van der Waals surface area contributed by atoms with Crippen molar-refractivity contribution in [3.63, 3.8) is 0 Å². The number of halogens is 3. The molecule has 2 amide bonds. The summed E-state index contributed by atoms with van der Waals surface area (Å²) >= 11 is 0. The van der Waals surface area contributed by atoms with E-state index in [0.717, 1.165) is 0 Å². The molecule has 4 nitrogen and oxygen atoms in total. The lowest BCUT2D eigenvalue weighted by molar-refractivity contribution is -0.123. The smallest absolute Gasteiger partial charge is 0.329 e. The highest BCUT2D eigenvalue weighted by Gasteiger charge is 2.28. The van der Waals surface area contributed by atoms with Gasteiger partial charge in [0, 0.05) is 20.1 Å². The van der Waals surface area contributed by atoms with Crippen LogP contribution in [0.4, 0.5) is 18.0 Å². The zero-order chi connectivity index (χ0) is 12.1. The molecule has 0 rings (SSSR count). The summed E-state index contributed by atoms with van der Waals surface area (Å²) in [5.74, 6) is 0. The Labute approximate surface area is 87.0 Å². The van der Waals surface area contributed by atoms with Crippen LogP contribution < -0.4 is 5.32 Å². The average Bonchev–Trinajstić information content (AvgIpc) is 2.08. The van der Waals surface area contributed by atoms with Crippen LogP contribution in [0.15, 0.2) is 0 Å². The van der Waals surface area contributed by atoms with Gasteiger partial charge in [-0.15, -0.1) is 0 Å². The minimum absolute atomic E-state index is 0.386. The van der Waals surface area contributed by atoms with E-state index in [1.807, 2.05) is 19.0 Å². The van der Waals surface area contributed by atoms with Gasteiger partial charge in [0.1, 0.15) is 6.54 Å². The summed E-state index contributed by atoms with van der Waals surface area (Å²) in [6.45, 7) is -0.301. The Morgan fingerprint density at radius 2 is 1.73 bits per heavy atom. The van der Waals surface area contributed by atoms with Crippen molar-refractivity contribution < 1.29 is 18.0 Å². The lowest BCUT2D eigenvalue weighted by Gasteiger charge is -2.20. The molecule has 0 saturated heterocycles. The van der Waals surface area contributed by atoms with E-state index in [-0.39, 0.29) is 0 Å². The van der Waals surface area contributed by atoms with Crippen LogP contribution in [0, 0.1) is 0 Å². The van der Waals surface area contributed by atoms with E-state index in [9.17, 15) is 18.0 Å². The highest BCUT2D eigenvalue weighted by atomic mass is 19.4. The maximum Gasteiger partial charge on any atom is 0.405 e. The molecule has 0 aromatic carbocycles. The van der Waals surface area contributed by atoms with Crippen LogP contribution in [-0.2, 0) is 0 Å². The van der Waals surface area contributed by atoms with Gasteiger partial charge >= 0.3 is 12.2 Å². The second-order valence-corrected chi connectivity index (χ2v) is 3.50. The van der Waals surface area contributed by atoms with Crippen LogP contribution >= 0.6 is 0 Å². The summed E-state index contributed by atoms with van der Waals surface area (Å²) in [5, 5.41) is 1.79. The van der Waals surface area contributed by atoms with Crippen LogP contribution in [0.25, 0.3) is 0 Å². The summed E-state index contributed by atoms with van der Waals surface area (Å²) in [6, 6.07) is -0.714. The molecule has 0 saturated carbocycles. The van der Waals surface area contributed by atoms with Gasteiger partial charge in [-0.05, 0) is 14.1 Å². The zero-order valence-electron chi connectivity index (χ0n) is 9.06. The van der Waals surface area contributed by atoms with Gasteiger partial charge < -0.3 is 15.1 Å². The van der Waals surface area contributed by atoms with Gasteiger partial charge in [-0.25, -0.2) is 4.79 Å². The van der Waals surface area contributed by atoms with Crippen molar-refractivity contribution in [3.05, 3.63) is 0 Å². The number of hydrogen-bond acceptors (Lipinski definition) is 2. The number of nitrogens with zero attached hydrogens (tertiary/aromatic N) is 2. The predicted octanol–water partition coefficient (Wildman–Crippen LogP) is 0.752. The number of carbonyl (C=O) groups is 1. The van der Waals surface area contributed by atoms with Crippen LogP contribution in [0.1, 0.15) is 0 Å². The van der Waals surface area contributed by atoms with Gasteiger partial charge in [-0.2, -0.15) is 13.2 Å². The van der Waals surface area contributed by atoms with Gasteiger partial charge in [0.15, 0.2) is 0 Å². The number of hydrogen-bond donors (Lipinski definition) is 1. The molecule has 0 aromatic heterocycles. The second-order valence-electron chi connectivity index (χ2n) is 3.50. The van der Waals surface area contributed by atoms with Crippen LogP contribution in [0.5, 0.6) is 0 Å². The van der Waals surface area contributed by atoms with Crippen LogP contribution in [-0.4, -0.2) is 62.8 Å². The van der Waals surface area contributed by atoms with E-state index in [2.05, 4.69) is 0 Å². The molecular formula is C8H16F3N3O. The second kappa shape index (κ2) is 5.79. The third kappa shape index (κ3) is 8.04. The van der Waals surface area contributed by atoms with Crippen molar-refractivity contribution in [1.29, 1.82) is 0 Å². The Morgan fingerprint density at radius 1 is 1.20 bits per heavy atom. The summed E-state index contributed by atoms with van der Waals surface area (Å²) in [7, 11) is 5.10.